The topological polar surface area (TPSA) is 141 Å². The molecule has 10 heteroatoms. The summed E-state index contributed by atoms with van der Waals surface area (Å²) in [6, 6.07) is 15.4. The maximum Gasteiger partial charge on any atom is 0.323 e. The van der Waals surface area contributed by atoms with Crippen LogP contribution in [-0.2, 0) is 14.3 Å². The summed E-state index contributed by atoms with van der Waals surface area (Å²) in [4.78, 5) is 67.6. The molecule has 10 nitrogen and oxygen atoms in total. The van der Waals surface area contributed by atoms with E-state index in [2.05, 4.69) is 15.3 Å². The lowest BCUT2D eigenvalue weighted by Gasteiger charge is -2.27. The highest BCUT2D eigenvalue weighted by atomic mass is 16.5. The molecule has 1 aliphatic rings. The number of imide groups is 1. The molecule has 176 valence electrons. The van der Waals surface area contributed by atoms with Gasteiger partial charge in [-0.25, -0.2) is 4.79 Å². The smallest absolute Gasteiger partial charge is 0.323 e. The second-order valence-electron chi connectivity index (χ2n) is 8.12. The second-order valence-corrected chi connectivity index (χ2v) is 8.12. The lowest BCUT2D eigenvalue weighted by atomic mass is 9.94. The van der Waals surface area contributed by atoms with Crippen LogP contribution in [-0.4, -0.2) is 51.7 Å². The number of fused-ring (bicyclic) bond motifs is 1. The van der Waals surface area contributed by atoms with Crippen LogP contribution in [0, 0.1) is 0 Å². The molecule has 0 spiro atoms. The summed E-state index contributed by atoms with van der Waals surface area (Å²) >= 11 is 0. The van der Waals surface area contributed by atoms with E-state index in [-0.39, 0.29) is 25.1 Å². The predicted octanol–water partition coefficient (Wildman–Crippen LogP) is 2.57. The van der Waals surface area contributed by atoms with Crippen molar-refractivity contribution < 1.29 is 23.9 Å². The van der Waals surface area contributed by atoms with Crippen LogP contribution in [0.15, 0.2) is 59.4 Å². The molecule has 0 unspecified atom stereocenters. The molecule has 0 saturated heterocycles. The molecule has 0 atom stereocenters. The first-order chi connectivity index (χ1) is 16.9. The summed E-state index contributed by atoms with van der Waals surface area (Å²) in [6.07, 6.45) is 0.139. The highest BCUT2D eigenvalue weighted by molar-refractivity contribution is 6.25. The average molecular weight is 472 g/mol. The van der Waals surface area contributed by atoms with E-state index in [1.807, 2.05) is 12.1 Å². The average Bonchev–Trinajstić information content (AvgIpc) is 3.22. The van der Waals surface area contributed by atoms with Gasteiger partial charge in [0.2, 0.25) is 0 Å². The number of anilines is 1. The van der Waals surface area contributed by atoms with E-state index in [9.17, 15) is 24.0 Å². The van der Waals surface area contributed by atoms with Crippen molar-refractivity contribution in [2.75, 3.05) is 18.5 Å². The van der Waals surface area contributed by atoms with Crippen molar-refractivity contribution >= 4 is 51.2 Å². The Bertz CT molecular complexity index is 1520. The van der Waals surface area contributed by atoms with E-state index < -0.39 is 30.3 Å². The number of hydrogen-bond acceptors (Lipinski definition) is 6. The fraction of sp³-hybridized carbons (Fsp3) is 0.160. The Kier molecular flexibility index (Phi) is 5.61. The first kappa shape index (κ1) is 22.1. The zero-order valence-corrected chi connectivity index (χ0v) is 18.4. The molecular formula is C25H20N4O6. The molecule has 1 aromatic heterocycles. The third-order valence-corrected chi connectivity index (χ3v) is 5.78. The molecule has 0 bridgehead atoms. The minimum absolute atomic E-state index is 0.0541. The number of benzene rings is 3. The number of rotatable bonds is 7. The van der Waals surface area contributed by atoms with Crippen molar-refractivity contribution in [2.45, 2.75) is 12.8 Å². The Morgan fingerprint density at radius 1 is 0.886 bits per heavy atom. The van der Waals surface area contributed by atoms with Gasteiger partial charge in [0.25, 0.3) is 17.7 Å². The molecule has 3 N–H and O–H groups in total. The Hall–Kier alpha value is -4.73. The van der Waals surface area contributed by atoms with Gasteiger partial charge in [-0.05, 0) is 42.1 Å². The number of amides is 3. The lowest BCUT2D eigenvalue weighted by molar-refractivity contribution is -0.147. The summed E-state index contributed by atoms with van der Waals surface area (Å²) in [7, 11) is 0. The van der Waals surface area contributed by atoms with Crippen LogP contribution in [0.1, 0.15) is 33.6 Å². The largest absolute Gasteiger partial charge is 0.456 e. The van der Waals surface area contributed by atoms with Crippen LogP contribution in [0.4, 0.5) is 5.69 Å². The van der Waals surface area contributed by atoms with Gasteiger partial charge < -0.3 is 20.0 Å². The fourth-order valence-electron chi connectivity index (χ4n) is 4.19. The van der Waals surface area contributed by atoms with E-state index >= 15 is 0 Å². The van der Waals surface area contributed by atoms with Crippen molar-refractivity contribution in [1.29, 1.82) is 0 Å². The molecule has 0 fully saturated rings. The number of aromatic nitrogens is 2. The maximum absolute atomic E-state index is 12.9. The van der Waals surface area contributed by atoms with Crippen LogP contribution in [0.3, 0.4) is 0 Å². The zero-order valence-electron chi connectivity index (χ0n) is 18.4. The van der Waals surface area contributed by atoms with Crippen LogP contribution in [0.5, 0.6) is 0 Å². The second kappa shape index (κ2) is 8.90. The van der Waals surface area contributed by atoms with Crippen molar-refractivity contribution in [3.8, 4) is 0 Å². The van der Waals surface area contributed by atoms with E-state index in [1.165, 1.54) is 0 Å². The number of carbonyl (C=O) groups excluding carboxylic acids is 4. The number of aromatic amines is 2. The van der Waals surface area contributed by atoms with Gasteiger partial charge in [-0.15, -0.1) is 0 Å². The molecule has 5 rings (SSSR count). The third kappa shape index (κ3) is 4.29. The lowest BCUT2D eigenvalue weighted by Crippen LogP contribution is -2.41. The molecule has 4 aromatic rings. The number of hydrogen-bond donors (Lipinski definition) is 3. The molecule has 3 amide bonds. The minimum atomic E-state index is -0.620. The van der Waals surface area contributed by atoms with E-state index in [0.717, 1.165) is 10.3 Å². The van der Waals surface area contributed by atoms with E-state index in [0.29, 0.717) is 33.2 Å². The Morgan fingerprint density at radius 2 is 1.57 bits per heavy atom. The van der Waals surface area contributed by atoms with Gasteiger partial charge in [0.1, 0.15) is 0 Å². The minimum Gasteiger partial charge on any atom is -0.456 e. The molecule has 2 heterocycles. The van der Waals surface area contributed by atoms with Gasteiger partial charge in [0.15, 0.2) is 6.61 Å². The normalized spacial score (nSPS) is 12.9. The van der Waals surface area contributed by atoms with Gasteiger partial charge >= 0.3 is 11.7 Å². The number of carbonyl (C=O) groups is 4. The number of esters is 1. The SMILES string of the molecule is O=C(COC(=O)CCCN1C(=O)c2cccc3cccc(c23)C1=O)Nc1ccc2[nH]c(=O)[nH]c2c1. The Balaban J connectivity index is 1.12. The standard InChI is InChI=1S/C25H20N4O6/c30-20(26-15-9-10-18-19(12-15)28-25(34)27-18)13-35-21(31)8-3-11-29-23(32)16-6-1-4-14-5-2-7-17(22(14)16)24(29)33/h1-2,4-7,9-10,12H,3,8,11,13H2,(H,26,30)(H2,27,28,34). The number of imidazole rings is 1. The maximum atomic E-state index is 12.9. The van der Waals surface area contributed by atoms with Crippen LogP contribution < -0.4 is 11.0 Å². The zero-order chi connectivity index (χ0) is 24.5. The van der Waals surface area contributed by atoms with Crippen LogP contribution in [0.25, 0.3) is 21.8 Å². The number of nitrogens with zero attached hydrogens (tertiary/aromatic N) is 1. The van der Waals surface area contributed by atoms with Gasteiger partial charge in [-0.3, -0.25) is 24.1 Å². The monoisotopic (exact) mass is 472 g/mol. The molecule has 35 heavy (non-hydrogen) atoms. The summed E-state index contributed by atoms with van der Waals surface area (Å²) in [5.74, 6) is -1.95. The van der Waals surface area contributed by atoms with Crippen molar-refractivity contribution in [3.63, 3.8) is 0 Å². The van der Waals surface area contributed by atoms with E-state index in [4.69, 9.17) is 4.74 Å². The highest BCUT2D eigenvalue weighted by Gasteiger charge is 2.32. The first-order valence-corrected chi connectivity index (χ1v) is 11.0. The van der Waals surface area contributed by atoms with Gasteiger partial charge in [0, 0.05) is 35.2 Å². The molecule has 3 aromatic carbocycles. The van der Waals surface area contributed by atoms with Crippen LogP contribution >= 0.6 is 0 Å². The van der Waals surface area contributed by atoms with Gasteiger partial charge in [0.05, 0.1) is 11.0 Å². The van der Waals surface area contributed by atoms with Crippen molar-refractivity contribution in [3.05, 3.63) is 76.2 Å². The molecule has 0 radical (unpaired) electrons. The quantitative estimate of drug-likeness (QED) is 0.279. The molecule has 1 aliphatic heterocycles. The Morgan fingerprint density at radius 3 is 2.29 bits per heavy atom. The number of nitrogens with one attached hydrogen (secondary N) is 3. The fourth-order valence-corrected chi connectivity index (χ4v) is 4.19. The number of ether oxygens (including phenoxy) is 1. The van der Waals surface area contributed by atoms with Gasteiger partial charge in [-0.1, -0.05) is 24.3 Å². The Labute approximate surface area is 197 Å². The van der Waals surface area contributed by atoms with Crippen LogP contribution in [0.2, 0.25) is 0 Å². The summed E-state index contributed by atoms with van der Waals surface area (Å²) in [5, 5.41) is 4.06. The molecule has 0 saturated carbocycles. The summed E-state index contributed by atoms with van der Waals surface area (Å²) in [5.41, 5.74) is 2.13. The van der Waals surface area contributed by atoms with Gasteiger partial charge in [-0.2, -0.15) is 0 Å². The molecule has 0 aliphatic carbocycles. The summed E-state index contributed by atoms with van der Waals surface area (Å²) < 4.78 is 5.01. The van der Waals surface area contributed by atoms with Crippen molar-refractivity contribution in [1.82, 2.24) is 14.9 Å². The highest BCUT2D eigenvalue weighted by Crippen LogP contribution is 2.30. The summed E-state index contributed by atoms with van der Waals surface area (Å²) in [6.45, 7) is -0.434. The van der Waals surface area contributed by atoms with E-state index in [1.54, 1.807) is 42.5 Å². The first-order valence-electron chi connectivity index (χ1n) is 11.0. The third-order valence-electron chi connectivity index (χ3n) is 5.78. The van der Waals surface area contributed by atoms with Crippen molar-refractivity contribution in [2.24, 2.45) is 0 Å². The predicted molar refractivity (Wildman–Crippen MR) is 127 cm³/mol. The molecular weight excluding hydrogens is 452 g/mol. The number of H-pyrrole nitrogens is 2.